The number of carbonyl (C=O) groups excluding carboxylic acids is 1. The Morgan fingerprint density at radius 1 is 1.08 bits per heavy atom. The number of alkyl halides is 5. The second kappa shape index (κ2) is 5.10. The average Bonchev–Trinajstić information content (AvgIpc) is 2.38. The summed E-state index contributed by atoms with van der Waals surface area (Å²) in [5, 5.41) is -5.64. The molecule has 0 aromatic heterocycles. The van der Waals surface area contributed by atoms with Crippen LogP contribution in [0.4, 0.5) is 22.0 Å². The molecule has 4 bridgehead atoms. The highest BCUT2D eigenvalue weighted by Crippen LogP contribution is 2.57. The zero-order valence-electron chi connectivity index (χ0n) is 12.2. The van der Waals surface area contributed by atoms with Crippen LogP contribution in [0.3, 0.4) is 0 Å². The number of rotatable bonds is 4. The maximum absolute atomic E-state index is 13.6. The molecule has 0 radical (unpaired) electrons. The minimum Gasteiger partial charge on any atom is -0.743 e. The molecule has 0 heterocycles. The van der Waals surface area contributed by atoms with E-state index >= 15 is 0 Å². The van der Waals surface area contributed by atoms with Gasteiger partial charge in [-0.1, -0.05) is 0 Å². The number of ether oxygens (including phenoxy) is 1. The number of ketones is 1. The third-order valence-electron chi connectivity index (χ3n) is 5.24. The average molecular weight is 377 g/mol. The van der Waals surface area contributed by atoms with Gasteiger partial charge in [-0.3, -0.25) is 4.79 Å². The lowest BCUT2D eigenvalue weighted by atomic mass is 9.53. The molecule has 4 fully saturated rings. The predicted molar refractivity (Wildman–Crippen MR) is 66.9 cm³/mol. The Bertz CT molecular complexity index is 640. The highest BCUT2D eigenvalue weighted by Gasteiger charge is 2.66. The van der Waals surface area contributed by atoms with Crippen LogP contribution in [0.5, 0.6) is 0 Å². The molecule has 11 heteroatoms. The van der Waals surface area contributed by atoms with Crippen LogP contribution in [0.1, 0.15) is 32.1 Å². The van der Waals surface area contributed by atoms with Crippen molar-refractivity contribution in [3.8, 4) is 0 Å². The monoisotopic (exact) mass is 377 g/mol. The Labute approximate surface area is 134 Å². The maximum atomic E-state index is 13.6. The third-order valence-corrected chi connectivity index (χ3v) is 6.12. The van der Waals surface area contributed by atoms with Crippen LogP contribution in [0.25, 0.3) is 0 Å². The molecule has 0 amide bonds. The van der Waals surface area contributed by atoms with E-state index in [0.29, 0.717) is 12.8 Å². The van der Waals surface area contributed by atoms with E-state index in [1.54, 1.807) is 0 Å². The molecule has 0 aromatic rings. The number of Topliss-reactive ketones (excluding diaryl/α,β-unsaturated/α-hetero) is 1. The fourth-order valence-corrected chi connectivity index (χ4v) is 4.97. The number of carbonyl (C=O) groups is 1. The van der Waals surface area contributed by atoms with Crippen LogP contribution in [0, 0.1) is 17.8 Å². The summed E-state index contributed by atoms with van der Waals surface area (Å²) in [5.41, 5.74) is -1.64. The van der Waals surface area contributed by atoms with Crippen LogP contribution in [-0.2, 0) is 19.6 Å². The second-order valence-electron chi connectivity index (χ2n) is 6.98. The number of hydrogen-bond acceptors (Lipinski definition) is 5. The molecule has 24 heavy (non-hydrogen) atoms. The number of hydrogen-bond donors (Lipinski definition) is 0. The van der Waals surface area contributed by atoms with Gasteiger partial charge in [0.05, 0.1) is 5.60 Å². The molecule has 0 saturated heterocycles. The fraction of sp³-hybridized carbons (Fsp3) is 0.923. The molecule has 0 spiro atoms. The molecule has 138 valence electrons. The van der Waals surface area contributed by atoms with Crippen molar-refractivity contribution in [2.75, 3.05) is 0 Å². The van der Waals surface area contributed by atoms with Gasteiger partial charge in [-0.15, -0.1) is 0 Å². The lowest BCUT2D eigenvalue weighted by Crippen LogP contribution is -2.61. The zero-order chi connectivity index (χ0) is 18.1. The van der Waals surface area contributed by atoms with Gasteiger partial charge >= 0.3 is 11.4 Å². The Kier molecular flexibility index (Phi) is 3.83. The van der Waals surface area contributed by atoms with E-state index in [1.165, 1.54) is 0 Å². The smallest absolute Gasteiger partial charge is 0.421 e. The summed E-state index contributed by atoms with van der Waals surface area (Å²) in [6.07, 6.45) is -9.08. The Balaban J connectivity index is 1.93. The van der Waals surface area contributed by atoms with E-state index in [4.69, 9.17) is 0 Å². The lowest BCUT2D eigenvalue weighted by Gasteiger charge is -2.56. The SMILES string of the molecule is O=C1C2CC3CC1CC(OC(C(F)(F)F)C(F)(F)S(=O)(=O)[O-])(C3)C2. The second-order valence-corrected chi connectivity index (χ2v) is 8.44. The van der Waals surface area contributed by atoms with Gasteiger partial charge in [0.1, 0.15) is 5.78 Å². The Morgan fingerprint density at radius 3 is 2.00 bits per heavy atom. The molecule has 3 atom stereocenters. The van der Waals surface area contributed by atoms with E-state index in [-0.39, 0.29) is 31.0 Å². The van der Waals surface area contributed by atoms with Gasteiger partial charge in [0.15, 0.2) is 10.1 Å². The Hall–Kier alpha value is -0.810. The van der Waals surface area contributed by atoms with Crippen molar-refractivity contribution in [3.05, 3.63) is 0 Å². The van der Waals surface area contributed by atoms with E-state index in [1.807, 2.05) is 0 Å². The normalized spacial score (nSPS) is 37.8. The van der Waals surface area contributed by atoms with Crippen LogP contribution < -0.4 is 0 Å². The molecule has 0 aliphatic heterocycles. The summed E-state index contributed by atoms with van der Waals surface area (Å²) in [6.45, 7) is 0. The molecule has 5 nitrogen and oxygen atoms in total. The third kappa shape index (κ3) is 2.74. The summed E-state index contributed by atoms with van der Waals surface area (Å²) in [5.74, 6) is -1.33. The van der Waals surface area contributed by atoms with Gasteiger partial charge in [-0.2, -0.15) is 22.0 Å². The van der Waals surface area contributed by atoms with E-state index < -0.39 is 45.1 Å². The van der Waals surface area contributed by atoms with Gasteiger partial charge in [-0.25, -0.2) is 8.42 Å². The van der Waals surface area contributed by atoms with E-state index in [0.717, 1.165) is 0 Å². The summed E-state index contributed by atoms with van der Waals surface area (Å²) in [6, 6.07) is 0. The molecule has 4 aliphatic rings. The zero-order valence-corrected chi connectivity index (χ0v) is 13.0. The molecule has 3 unspecified atom stereocenters. The highest BCUT2D eigenvalue weighted by atomic mass is 32.2. The molecule has 0 aromatic carbocycles. The fourth-order valence-electron chi connectivity index (χ4n) is 4.53. The van der Waals surface area contributed by atoms with Crippen molar-refractivity contribution in [2.45, 2.75) is 55.2 Å². The summed E-state index contributed by atoms with van der Waals surface area (Å²) < 4.78 is 103. The summed E-state index contributed by atoms with van der Waals surface area (Å²) in [4.78, 5) is 12.0. The van der Waals surface area contributed by atoms with Crippen LogP contribution in [0.2, 0.25) is 0 Å². The molecule has 0 N–H and O–H groups in total. The van der Waals surface area contributed by atoms with Crippen molar-refractivity contribution in [1.82, 2.24) is 0 Å². The van der Waals surface area contributed by atoms with E-state index in [2.05, 4.69) is 4.74 Å². The van der Waals surface area contributed by atoms with Crippen molar-refractivity contribution in [2.24, 2.45) is 17.8 Å². The van der Waals surface area contributed by atoms with Gasteiger partial charge in [-0.05, 0) is 38.0 Å². The minimum absolute atomic E-state index is 0.0504. The summed E-state index contributed by atoms with van der Waals surface area (Å²) >= 11 is 0. The van der Waals surface area contributed by atoms with Crippen molar-refractivity contribution < 1.29 is 44.5 Å². The predicted octanol–water partition coefficient (Wildman–Crippen LogP) is 2.22. The first kappa shape index (κ1) is 18.0. The summed E-state index contributed by atoms with van der Waals surface area (Å²) in [7, 11) is -6.57. The molecular formula is C13H14F5O5S-. The van der Waals surface area contributed by atoms with Gasteiger partial charge in [0.2, 0.25) is 6.10 Å². The topological polar surface area (TPSA) is 83.5 Å². The van der Waals surface area contributed by atoms with Crippen molar-refractivity contribution in [3.63, 3.8) is 0 Å². The van der Waals surface area contributed by atoms with Gasteiger partial charge in [0, 0.05) is 11.8 Å². The van der Waals surface area contributed by atoms with Crippen LogP contribution >= 0.6 is 0 Å². The first-order chi connectivity index (χ1) is 10.8. The maximum Gasteiger partial charge on any atom is 0.421 e. The molecule has 4 aliphatic carbocycles. The largest absolute Gasteiger partial charge is 0.743 e. The number of halogens is 5. The van der Waals surface area contributed by atoms with Crippen molar-refractivity contribution >= 4 is 15.9 Å². The molecular weight excluding hydrogens is 363 g/mol. The first-order valence-corrected chi connectivity index (χ1v) is 8.77. The molecule has 4 rings (SSSR count). The van der Waals surface area contributed by atoms with Gasteiger partial charge < -0.3 is 9.29 Å². The lowest BCUT2D eigenvalue weighted by molar-refractivity contribution is -0.310. The van der Waals surface area contributed by atoms with Crippen LogP contribution in [0.15, 0.2) is 0 Å². The first-order valence-electron chi connectivity index (χ1n) is 7.37. The van der Waals surface area contributed by atoms with E-state index in [9.17, 15) is 39.7 Å². The Morgan fingerprint density at radius 2 is 1.58 bits per heavy atom. The van der Waals surface area contributed by atoms with Crippen molar-refractivity contribution in [1.29, 1.82) is 0 Å². The molecule has 4 saturated carbocycles. The van der Waals surface area contributed by atoms with Crippen LogP contribution in [-0.4, -0.2) is 41.9 Å². The highest BCUT2D eigenvalue weighted by molar-refractivity contribution is 7.86. The minimum atomic E-state index is -6.57. The quantitative estimate of drug-likeness (QED) is 0.554. The standard InChI is InChI=1S/C13H15F5O5S/c14-12(15,16)10(13(17,18)24(20,21)22)23-11-3-6-1-7(4-11)9(19)8(2-6)5-11/h6-8,10H,1-5H2,(H,20,21,22)/p-1. The van der Waals surface area contributed by atoms with Gasteiger partial charge in [0.25, 0.3) is 0 Å².